The number of nitrogens with one attached hydrogen (secondary N) is 1. The lowest BCUT2D eigenvalue weighted by molar-refractivity contribution is -0.143. The fraction of sp³-hybridized carbons (Fsp3) is 0.545. The van der Waals surface area contributed by atoms with Crippen molar-refractivity contribution in [3.05, 3.63) is 11.9 Å². The molecule has 6 nitrogen and oxygen atoms in total. The van der Waals surface area contributed by atoms with Gasteiger partial charge in [-0.3, -0.25) is 0 Å². The largest absolute Gasteiger partial charge is 0.481 e. The highest BCUT2D eigenvalue weighted by atomic mass is 16.5. The number of carbonyl (C=O) groups excluding carboxylic acids is 1. The molecule has 0 aliphatic rings. The van der Waals surface area contributed by atoms with Crippen LogP contribution in [0.1, 0.15) is 19.7 Å². The molecule has 1 atom stereocenters. The first-order valence-corrected chi connectivity index (χ1v) is 5.39. The maximum atomic E-state index is 11.4. The van der Waals surface area contributed by atoms with Crippen molar-refractivity contribution in [2.45, 2.75) is 26.8 Å². The minimum atomic E-state index is -0.464. The van der Waals surface area contributed by atoms with Gasteiger partial charge in [0, 0.05) is 6.07 Å². The number of ether oxygens (including phenoxy) is 2. The van der Waals surface area contributed by atoms with Gasteiger partial charge >= 0.3 is 5.97 Å². The van der Waals surface area contributed by atoms with Crippen LogP contribution in [0.3, 0.4) is 0 Å². The molecule has 1 aromatic heterocycles. The van der Waals surface area contributed by atoms with Crippen molar-refractivity contribution in [2.75, 3.05) is 19.0 Å². The van der Waals surface area contributed by atoms with E-state index < -0.39 is 6.04 Å². The Morgan fingerprint density at radius 2 is 2.24 bits per heavy atom. The second-order valence-corrected chi connectivity index (χ2v) is 3.46. The fourth-order valence-corrected chi connectivity index (χ4v) is 1.27. The summed E-state index contributed by atoms with van der Waals surface area (Å²) in [7, 11) is 1.53. The van der Waals surface area contributed by atoms with Crippen molar-refractivity contribution in [1.82, 2.24) is 9.97 Å². The zero-order chi connectivity index (χ0) is 12.8. The van der Waals surface area contributed by atoms with Crippen LogP contribution in [0.4, 0.5) is 5.82 Å². The van der Waals surface area contributed by atoms with Crippen LogP contribution in [-0.4, -0.2) is 35.7 Å². The van der Waals surface area contributed by atoms with E-state index in [2.05, 4.69) is 15.3 Å². The highest BCUT2D eigenvalue weighted by Crippen LogP contribution is 2.13. The Morgan fingerprint density at radius 3 is 2.82 bits per heavy atom. The summed E-state index contributed by atoms with van der Waals surface area (Å²) in [5, 5.41) is 2.94. The molecule has 0 saturated heterocycles. The summed E-state index contributed by atoms with van der Waals surface area (Å²) in [6, 6.07) is 1.16. The number of methoxy groups -OCH3 is 1. The van der Waals surface area contributed by atoms with Crippen LogP contribution in [0, 0.1) is 6.92 Å². The molecule has 0 saturated carbocycles. The Hall–Kier alpha value is -1.85. The lowest BCUT2D eigenvalue weighted by Crippen LogP contribution is -2.28. The summed E-state index contributed by atoms with van der Waals surface area (Å²) >= 11 is 0. The molecule has 0 radical (unpaired) electrons. The maximum Gasteiger partial charge on any atom is 0.328 e. The Balaban J connectivity index is 2.73. The van der Waals surface area contributed by atoms with Crippen molar-refractivity contribution in [3.63, 3.8) is 0 Å². The molecule has 0 fully saturated rings. The molecule has 1 N–H and O–H groups in total. The number of aromatic nitrogens is 2. The van der Waals surface area contributed by atoms with Gasteiger partial charge < -0.3 is 14.8 Å². The van der Waals surface area contributed by atoms with E-state index in [1.54, 1.807) is 26.8 Å². The lowest BCUT2D eigenvalue weighted by atomic mass is 10.3. The molecular formula is C11H17N3O3. The van der Waals surface area contributed by atoms with Crippen LogP contribution in [-0.2, 0) is 9.53 Å². The summed E-state index contributed by atoms with van der Waals surface area (Å²) in [4.78, 5) is 19.6. The maximum absolute atomic E-state index is 11.4. The highest BCUT2D eigenvalue weighted by molar-refractivity contribution is 5.78. The van der Waals surface area contributed by atoms with E-state index in [0.717, 1.165) is 0 Å². The van der Waals surface area contributed by atoms with Crippen LogP contribution in [0.2, 0.25) is 0 Å². The van der Waals surface area contributed by atoms with Gasteiger partial charge in [0.1, 0.15) is 17.7 Å². The molecule has 1 aromatic rings. The Bertz CT molecular complexity index is 396. The molecule has 0 amide bonds. The SMILES string of the molecule is CCOC(=O)C(C)Nc1cc(OC)nc(C)n1. The van der Waals surface area contributed by atoms with Crippen LogP contribution >= 0.6 is 0 Å². The van der Waals surface area contributed by atoms with Crippen LogP contribution < -0.4 is 10.1 Å². The third kappa shape index (κ3) is 3.90. The van der Waals surface area contributed by atoms with Crippen molar-refractivity contribution in [1.29, 1.82) is 0 Å². The molecule has 94 valence electrons. The Morgan fingerprint density at radius 1 is 1.53 bits per heavy atom. The van der Waals surface area contributed by atoms with E-state index >= 15 is 0 Å². The second-order valence-electron chi connectivity index (χ2n) is 3.46. The monoisotopic (exact) mass is 239 g/mol. The van der Waals surface area contributed by atoms with Gasteiger partial charge in [-0.1, -0.05) is 0 Å². The molecule has 0 aromatic carbocycles. The van der Waals surface area contributed by atoms with E-state index in [1.807, 2.05) is 0 Å². The van der Waals surface area contributed by atoms with Crippen molar-refractivity contribution in [3.8, 4) is 5.88 Å². The van der Waals surface area contributed by atoms with E-state index in [-0.39, 0.29) is 5.97 Å². The number of aryl methyl sites for hydroxylation is 1. The van der Waals surface area contributed by atoms with E-state index in [4.69, 9.17) is 9.47 Å². The van der Waals surface area contributed by atoms with E-state index in [9.17, 15) is 4.79 Å². The third-order valence-corrected chi connectivity index (χ3v) is 2.03. The fourth-order valence-electron chi connectivity index (χ4n) is 1.27. The van der Waals surface area contributed by atoms with Gasteiger partial charge in [-0.05, 0) is 20.8 Å². The van der Waals surface area contributed by atoms with Crippen LogP contribution in [0.5, 0.6) is 5.88 Å². The quantitative estimate of drug-likeness (QED) is 0.777. The zero-order valence-corrected chi connectivity index (χ0v) is 10.5. The van der Waals surface area contributed by atoms with Crippen LogP contribution in [0.25, 0.3) is 0 Å². The topological polar surface area (TPSA) is 73.3 Å². The molecule has 0 aliphatic heterocycles. The van der Waals surface area contributed by atoms with E-state index in [1.165, 1.54) is 7.11 Å². The number of nitrogens with zero attached hydrogens (tertiary/aromatic N) is 2. The first kappa shape index (κ1) is 13.2. The molecule has 17 heavy (non-hydrogen) atoms. The van der Waals surface area contributed by atoms with E-state index in [0.29, 0.717) is 24.1 Å². The Kier molecular flexibility index (Phi) is 4.68. The molecule has 0 aliphatic carbocycles. The van der Waals surface area contributed by atoms with Gasteiger partial charge in [-0.2, -0.15) is 4.98 Å². The van der Waals surface area contributed by atoms with Crippen molar-refractivity contribution < 1.29 is 14.3 Å². The number of hydrogen-bond acceptors (Lipinski definition) is 6. The number of hydrogen-bond donors (Lipinski definition) is 1. The van der Waals surface area contributed by atoms with Gasteiger partial charge in [0.15, 0.2) is 0 Å². The van der Waals surface area contributed by atoms with Crippen molar-refractivity contribution >= 4 is 11.8 Å². The smallest absolute Gasteiger partial charge is 0.328 e. The third-order valence-electron chi connectivity index (χ3n) is 2.03. The minimum absolute atomic E-state index is 0.317. The normalized spacial score (nSPS) is 11.8. The van der Waals surface area contributed by atoms with Gasteiger partial charge in [-0.25, -0.2) is 9.78 Å². The van der Waals surface area contributed by atoms with Gasteiger partial charge in [0.2, 0.25) is 5.88 Å². The molecule has 1 unspecified atom stereocenters. The predicted octanol–water partition coefficient (Wildman–Crippen LogP) is 1.16. The zero-order valence-electron chi connectivity index (χ0n) is 10.5. The summed E-state index contributed by atoms with van der Waals surface area (Å²) < 4.78 is 9.90. The first-order valence-electron chi connectivity index (χ1n) is 5.39. The summed E-state index contributed by atoms with van der Waals surface area (Å²) in [6.45, 7) is 5.59. The summed E-state index contributed by atoms with van der Waals surface area (Å²) in [5.74, 6) is 1.25. The van der Waals surface area contributed by atoms with Crippen LogP contribution in [0.15, 0.2) is 6.07 Å². The number of carbonyl (C=O) groups is 1. The average molecular weight is 239 g/mol. The van der Waals surface area contributed by atoms with Gasteiger partial charge in [-0.15, -0.1) is 0 Å². The standard InChI is InChI=1S/C11H17N3O3/c1-5-17-11(15)7(2)12-9-6-10(16-4)14-8(3)13-9/h6-7H,5H2,1-4H3,(H,12,13,14). The molecule has 0 bridgehead atoms. The molecule has 6 heteroatoms. The average Bonchev–Trinajstić information content (AvgIpc) is 2.28. The van der Waals surface area contributed by atoms with Gasteiger partial charge in [0.25, 0.3) is 0 Å². The summed E-state index contributed by atoms with van der Waals surface area (Å²) in [6.07, 6.45) is 0. The predicted molar refractivity (Wildman–Crippen MR) is 63.0 cm³/mol. The number of esters is 1. The first-order chi connectivity index (χ1) is 8.06. The number of anilines is 1. The lowest BCUT2D eigenvalue weighted by Gasteiger charge is -2.13. The highest BCUT2D eigenvalue weighted by Gasteiger charge is 2.14. The molecular weight excluding hydrogens is 222 g/mol. The summed E-state index contributed by atoms with van der Waals surface area (Å²) in [5.41, 5.74) is 0. The minimum Gasteiger partial charge on any atom is -0.481 e. The van der Waals surface area contributed by atoms with Crippen molar-refractivity contribution in [2.24, 2.45) is 0 Å². The molecule has 1 rings (SSSR count). The number of rotatable bonds is 5. The van der Waals surface area contributed by atoms with Gasteiger partial charge in [0.05, 0.1) is 13.7 Å². The molecule has 0 spiro atoms. The molecule has 1 heterocycles. The second kappa shape index (κ2) is 6.03. The Labute approximate surface area is 100 Å².